The number of morpholine rings is 1. The predicted octanol–water partition coefficient (Wildman–Crippen LogP) is 4.99. The number of halogens is 1. The summed E-state index contributed by atoms with van der Waals surface area (Å²) in [5.74, 6) is -0.178. The number of anilines is 1. The van der Waals surface area contributed by atoms with Gasteiger partial charge in [0, 0.05) is 30.2 Å². The molecule has 8 nitrogen and oxygen atoms in total. The molecule has 192 valence electrons. The zero-order valence-corrected chi connectivity index (χ0v) is 22.2. The Hall–Kier alpha value is -3.53. The third kappa shape index (κ3) is 3.84. The average Bonchev–Trinajstić information content (AvgIpc) is 3.70. The number of fused-ring (bicyclic) bond motifs is 5. The number of nitrogens with one attached hydrogen (secondary N) is 1. The average molecular weight is 546 g/mol. The molecular weight excluding hydrogens is 522 g/mol. The SMILES string of the molecule is CC(=O)Nc1nc2c(s1)-c1c(c(-c3ccccc3)nn1-c1ccc(C(=O)N3CC4CC3CO4)cc1Cl)CC2. The number of carbonyl (C=O) groups excluding carboxylic acids is 2. The lowest BCUT2D eigenvalue weighted by Gasteiger charge is -2.27. The van der Waals surface area contributed by atoms with E-state index >= 15 is 0 Å². The van der Waals surface area contributed by atoms with Crippen LogP contribution in [-0.4, -0.2) is 56.8 Å². The number of hydrogen-bond donors (Lipinski definition) is 1. The fraction of sp³-hybridized carbons (Fsp3) is 0.286. The van der Waals surface area contributed by atoms with Gasteiger partial charge in [0.05, 0.1) is 51.4 Å². The van der Waals surface area contributed by atoms with Crippen LogP contribution < -0.4 is 5.32 Å². The first kappa shape index (κ1) is 23.6. The van der Waals surface area contributed by atoms with E-state index in [2.05, 4.69) is 22.4 Å². The topological polar surface area (TPSA) is 89.3 Å². The van der Waals surface area contributed by atoms with E-state index in [0.717, 1.165) is 52.3 Å². The second kappa shape index (κ2) is 9.04. The summed E-state index contributed by atoms with van der Waals surface area (Å²) >= 11 is 8.31. The maximum Gasteiger partial charge on any atom is 0.254 e. The van der Waals surface area contributed by atoms with Gasteiger partial charge in [0.15, 0.2) is 5.13 Å². The van der Waals surface area contributed by atoms with Crippen molar-refractivity contribution in [2.45, 2.75) is 38.3 Å². The fourth-order valence-corrected chi connectivity index (χ4v) is 7.08. The molecule has 1 aliphatic carbocycles. The standard InChI is InChI=1S/C28H24ClN5O3S/c1-15(35)30-28-31-22-9-8-20-24(16-5-3-2-4-6-16)32-34(25(20)26(22)38-28)23-10-7-17(11-21(23)29)27(36)33-13-19-12-18(33)14-37-19/h2-7,10-11,18-19H,8-9,12-14H2,1H3,(H,30,31,35). The molecule has 2 bridgehead atoms. The minimum Gasteiger partial charge on any atom is -0.374 e. The summed E-state index contributed by atoms with van der Waals surface area (Å²) < 4.78 is 7.52. The lowest BCUT2D eigenvalue weighted by molar-refractivity contribution is -0.114. The lowest BCUT2D eigenvalue weighted by Crippen LogP contribution is -2.41. The van der Waals surface area contributed by atoms with Crippen LogP contribution in [0.2, 0.25) is 5.02 Å². The van der Waals surface area contributed by atoms with Crippen molar-refractivity contribution < 1.29 is 14.3 Å². The Morgan fingerprint density at radius 3 is 2.71 bits per heavy atom. The lowest BCUT2D eigenvalue weighted by atomic mass is 9.95. The molecule has 38 heavy (non-hydrogen) atoms. The Balaban J connectivity index is 1.33. The Morgan fingerprint density at radius 2 is 2.00 bits per heavy atom. The summed E-state index contributed by atoms with van der Waals surface area (Å²) in [6, 6.07) is 15.7. The van der Waals surface area contributed by atoms with Gasteiger partial charge >= 0.3 is 0 Å². The molecule has 2 aliphatic heterocycles. The highest BCUT2D eigenvalue weighted by atomic mass is 35.5. The van der Waals surface area contributed by atoms with E-state index in [1.54, 1.807) is 6.07 Å². The maximum absolute atomic E-state index is 13.3. The molecule has 7 rings (SSSR count). The van der Waals surface area contributed by atoms with Crippen molar-refractivity contribution in [3.63, 3.8) is 0 Å². The first-order valence-corrected chi connectivity index (χ1v) is 13.8. The van der Waals surface area contributed by atoms with E-state index in [0.29, 0.717) is 34.6 Å². The van der Waals surface area contributed by atoms with E-state index in [4.69, 9.17) is 21.4 Å². The van der Waals surface area contributed by atoms with Crippen LogP contribution in [0.15, 0.2) is 48.5 Å². The van der Waals surface area contributed by atoms with Crippen LogP contribution in [0.25, 0.3) is 27.5 Å². The van der Waals surface area contributed by atoms with Crippen molar-refractivity contribution in [3.05, 3.63) is 70.4 Å². The molecule has 4 heterocycles. The second-order valence-electron chi connectivity index (χ2n) is 9.90. The van der Waals surface area contributed by atoms with Gasteiger partial charge in [-0.3, -0.25) is 9.59 Å². The van der Waals surface area contributed by atoms with E-state index in [-0.39, 0.29) is 24.0 Å². The van der Waals surface area contributed by atoms with E-state index in [9.17, 15) is 9.59 Å². The van der Waals surface area contributed by atoms with Crippen LogP contribution in [0.1, 0.15) is 35.0 Å². The van der Waals surface area contributed by atoms with Crippen molar-refractivity contribution >= 4 is 39.9 Å². The van der Waals surface area contributed by atoms with Gasteiger partial charge in [-0.1, -0.05) is 53.3 Å². The van der Waals surface area contributed by atoms with E-state index in [1.165, 1.54) is 18.3 Å². The molecular formula is C28H24ClN5O3S. The van der Waals surface area contributed by atoms with Crippen LogP contribution in [-0.2, 0) is 22.4 Å². The Bertz CT molecular complexity index is 1600. The summed E-state index contributed by atoms with van der Waals surface area (Å²) in [5, 5.41) is 8.89. The van der Waals surface area contributed by atoms with Gasteiger partial charge in [-0.05, 0) is 37.5 Å². The number of aromatic nitrogens is 3. The number of hydrogen-bond acceptors (Lipinski definition) is 6. The number of nitrogens with zero attached hydrogens (tertiary/aromatic N) is 4. The summed E-state index contributed by atoms with van der Waals surface area (Å²) in [6.45, 7) is 2.70. The summed E-state index contributed by atoms with van der Waals surface area (Å²) in [6.07, 6.45) is 2.56. The molecule has 10 heteroatoms. The highest BCUT2D eigenvalue weighted by Crippen LogP contribution is 2.45. The van der Waals surface area contributed by atoms with Crippen molar-refractivity contribution in [1.29, 1.82) is 0 Å². The maximum atomic E-state index is 13.3. The molecule has 0 radical (unpaired) electrons. The van der Waals surface area contributed by atoms with Crippen LogP contribution in [0.3, 0.4) is 0 Å². The zero-order valence-electron chi connectivity index (χ0n) is 20.6. The molecule has 2 atom stereocenters. The first-order chi connectivity index (χ1) is 18.5. The van der Waals surface area contributed by atoms with Crippen LogP contribution in [0, 0.1) is 0 Å². The third-order valence-electron chi connectivity index (χ3n) is 7.42. The Labute approximate surface area is 228 Å². The largest absolute Gasteiger partial charge is 0.374 e. The molecule has 0 saturated carbocycles. The van der Waals surface area contributed by atoms with Crippen molar-refractivity contribution in [2.75, 3.05) is 18.5 Å². The normalized spacial score (nSPS) is 19.4. The summed E-state index contributed by atoms with van der Waals surface area (Å²) in [4.78, 5) is 32.5. The number of benzene rings is 2. The van der Waals surface area contributed by atoms with E-state index < -0.39 is 0 Å². The van der Waals surface area contributed by atoms with Crippen molar-refractivity contribution in [2.24, 2.45) is 0 Å². The highest BCUT2D eigenvalue weighted by Gasteiger charge is 2.41. The smallest absolute Gasteiger partial charge is 0.254 e. The molecule has 3 aliphatic rings. The first-order valence-electron chi connectivity index (χ1n) is 12.6. The summed E-state index contributed by atoms with van der Waals surface area (Å²) in [7, 11) is 0. The Kier molecular flexibility index (Phi) is 5.61. The minimum atomic E-state index is -0.157. The fourth-order valence-electron chi connectivity index (χ4n) is 5.70. The quantitative estimate of drug-likeness (QED) is 0.390. The van der Waals surface area contributed by atoms with E-state index in [1.807, 2.05) is 39.9 Å². The molecule has 1 N–H and O–H groups in total. The number of carbonyl (C=O) groups is 2. The molecule has 4 aromatic rings. The summed E-state index contributed by atoms with van der Waals surface area (Å²) in [5.41, 5.74) is 6.13. The molecule has 2 aromatic carbocycles. The van der Waals surface area contributed by atoms with Gasteiger partial charge in [-0.15, -0.1) is 0 Å². The van der Waals surface area contributed by atoms with Crippen LogP contribution in [0.5, 0.6) is 0 Å². The molecule has 0 spiro atoms. The van der Waals surface area contributed by atoms with Gasteiger partial charge in [-0.25, -0.2) is 9.67 Å². The van der Waals surface area contributed by atoms with Gasteiger partial charge in [0.2, 0.25) is 5.91 Å². The molecule has 2 saturated heterocycles. The van der Waals surface area contributed by atoms with Gasteiger partial charge in [-0.2, -0.15) is 5.10 Å². The number of ether oxygens (including phenoxy) is 1. The number of amides is 2. The van der Waals surface area contributed by atoms with Crippen LogP contribution >= 0.6 is 22.9 Å². The number of rotatable bonds is 4. The number of likely N-dealkylation sites (tertiary alicyclic amines) is 1. The second-order valence-corrected chi connectivity index (χ2v) is 11.3. The zero-order chi connectivity index (χ0) is 26.0. The van der Waals surface area contributed by atoms with Gasteiger partial charge in [0.25, 0.3) is 5.91 Å². The third-order valence-corrected chi connectivity index (χ3v) is 8.74. The van der Waals surface area contributed by atoms with Crippen LogP contribution in [0.4, 0.5) is 5.13 Å². The molecule has 2 aromatic heterocycles. The minimum absolute atomic E-state index is 0.0218. The number of thiazole rings is 1. The molecule has 2 unspecified atom stereocenters. The predicted molar refractivity (Wildman–Crippen MR) is 146 cm³/mol. The Morgan fingerprint density at radius 1 is 1.16 bits per heavy atom. The molecule has 2 fully saturated rings. The monoisotopic (exact) mass is 545 g/mol. The van der Waals surface area contributed by atoms with Gasteiger partial charge < -0.3 is 15.0 Å². The number of aryl methyl sites for hydroxylation is 1. The molecule has 2 amide bonds. The van der Waals surface area contributed by atoms with Gasteiger partial charge in [0.1, 0.15) is 0 Å². The highest BCUT2D eigenvalue weighted by molar-refractivity contribution is 7.19. The van der Waals surface area contributed by atoms with Crippen molar-refractivity contribution in [3.8, 4) is 27.5 Å². The van der Waals surface area contributed by atoms with Crippen molar-refractivity contribution in [1.82, 2.24) is 19.7 Å².